The molecule has 1 aromatic carbocycles. The number of nitrogens with two attached hydrogens (primary N) is 2. The molecule has 1 saturated heterocycles. The van der Waals surface area contributed by atoms with E-state index in [4.69, 9.17) is 11.5 Å². The number of amides is 1. The van der Waals surface area contributed by atoms with Gasteiger partial charge >= 0.3 is 0 Å². The first-order chi connectivity index (χ1) is 8.08. The molecule has 6 heteroatoms. The zero-order valence-corrected chi connectivity index (χ0v) is 10.0. The molecule has 4 nitrogen and oxygen atoms in total. The SMILES string of the molecule is NC(=O)c1cc(NC2CCSC2)c(F)cc1N. The lowest BCUT2D eigenvalue weighted by molar-refractivity contribution is 0.100. The molecule has 0 spiro atoms. The fourth-order valence-electron chi connectivity index (χ4n) is 1.78. The van der Waals surface area contributed by atoms with Gasteiger partial charge in [-0.3, -0.25) is 4.79 Å². The van der Waals surface area contributed by atoms with Crippen LogP contribution in [-0.4, -0.2) is 23.5 Å². The third-order valence-electron chi connectivity index (χ3n) is 2.69. The summed E-state index contributed by atoms with van der Waals surface area (Å²) in [6.07, 6.45) is 0.986. The fourth-order valence-corrected chi connectivity index (χ4v) is 2.93. The number of carbonyl (C=O) groups excluding carboxylic acids is 1. The summed E-state index contributed by atoms with van der Waals surface area (Å²) in [5.74, 6) is 0.905. The molecule has 1 aliphatic heterocycles. The molecule has 0 aliphatic carbocycles. The van der Waals surface area contributed by atoms with Crippen LogP contribution in [0.15, 0.2) is 12.1 Å². The van der Waals surface area contributed by atoms with E-state index in [-0.39, 0.29) is 17.3 Å². The normalized spacial score (nSPS) is 19.2. The second-order valence-electron chi connectivity index (χ2n) is 3.99. The van der Waals surface area contributed by atoms with Gasteiger partial charge in [-0.1, -0.05) is 0 Å². The van der Waals surface area contributed by atoms with E-state index in [1.54, 1.807) is 0 Å². The molecular weight excluding hydrogens is 241 g/mol. The third kappa shape index (κ3) is 2.63. The van der Waals surface area contributed by atoms with Crippen molar-refractivity contribution in [3.8, 4) is 0 Å². The number of carbonyl (C=O) groups is 1. The molecule has 1 fully saturated rings. The van der Waals surface area contributed by atoms with Crippen LogP contribution in [0, 0.1) is 5.82 Å². The maximum Gasteiger partial charge on any atom is 0.250 e. The minimum absolute atomic E-state index is 0.0707. The van der Waals surface area contributed by atoms with Crippen molar-refractivity contribution in [2.45, 2.75) is 12.5 Å². The Balaban J connectivity index is 2.26. The molecule has 1 aliphatic rings. The summed E-state index contributed by atoms with van der Waals surface area (Å²) in [6.45, 7) is 0. The molecule has 92 valence electrons. The van der Waals surface area contributed by atoms with E-state index in [9.17, 15) is 9.18 Å². The van der Waals surface area contributed by atoms with Crippen molar-refractivity contribution in [2.75, 3.05) is 22.6 Å². The molecule has 1 atom stereocenters. The van der Waals surface area contributed by atoms with E-state index < -0.39 is 11.7 Å². The van der Waals surface area contributed by atoms with Crippen LogP contribution < -0.4 is 16.8 Å². The van der Waals surface area contributed by atoms with E-state index in [0.717, 1.165) is 24.0 Å². The predicted octanol–water partition coefficient (Wildman–Crippen LogP) is 1.42. The minimum atomic E-state index is -0.647. The summed E-state index contributed by atoms with van der Waals surface area (Å²) in [6, 6.07) is 2.75. The maximum atomic E-state index is 13.6. The first-order valence-electron chi connectivity index (χ1n) is 5.31. The van der Waals surface area contributed by atoms with Gasteiger partial charge in [0, 0.05) is 17.5 Å². The monoisotopic (exact) mass is 255 g/mol. The quantitative estimate of drug-likeness (QED) is 0.714. The highest BCUT2D eigenvalue weighted by atomic mass is 32.2. The maximum absolute atomic E-state index is 13.6. The predicted molar refractivity (Wildman–Crippen MR) is 68.7 cm³/mol. The molecule has 0 saturated carbocycles. The Kier molecular flexibility index (Phi) is 3.42. The summed E-state index contributed by atoms with van der Waals surface area (Å²) >= 11 is 1.82. The number of anilines is 2. The van der Waals surface area contributed by atoms with Crippen LogP contribution in [0.1, 0.15) is 16.8 Å². The Morgan fingerprint density at radius 1 is 1.53 bits per heavy atom. The van der Waals surface area contributed by atoms with Crippen molar-refractivity contribution in [2.24, 2.45) is 5.73 Å². The highest BCUT2D eigenvalue weighted by Crippen LogP contribution is 2.26. The Bertz CT molecular complexity index is 447. The van der Waals surface area contributed by atoms with Crippen molar-refractivity contribution in [1.29, 1.82) is 0 Å². The number of rotatable bonds is 3. The van der Waals surface area contributed by atoms with Crippen molar-refractivity contribution >= 4 is 29.0 Å². The smallest absolute Gasteiger partial charge is 0.250 e. The minimum Gasteiger partial charge on any atom is -0.398 e. The van der Waals surface area contributed by atoms with Gasteiger partial charge in [0.2, 0.25) is 0 Å². The van der Waals surface area contributed by atoms with E-state index >= 15 is 0 Å². The molecule has 0 radical (unpaired) electrons. The molecule has 17 heavy (non-hydrogen) atoms. The highest BCUT2D eigenvalue weighted by Gasteiger charge is 2.18. The summed E-state index contributed by atoms with van der Waals surface area (Å²) in [5, 5.41) is 3.07. The van der Waals surface area contributed by atoms with Crippen LogP contribution in [0.3, 0.4) is 0 Å². The zero-order chi connectivity index (χ0) is 12.4. The number of hydrogen-bond acceptors (Lipinski definition) is 4. The average molecular weight is 255 g/mol. The molecule has 2 rings (SSSR count). The van der Waals surface area contributed by atoms with Gasteiger partial charge in [0.05, 0.1) is 11.3 Å². The van der Waals surface area contributed by atoms with E-state index in [2.05, 4.69) is 5.32 Å². The van der Waals surface area contributed by atoms with Crippen LogP contribution in [-0.2, 0) is 0 Å². The standard InChI is InChI=1S/C11H14FN3OS/c12-8-4-9(13)7(11(14)16)3-10(8)15-6-1-2-17-5-6/h3-4,6,15H,1-2,5,13H2,(H2,14,16). The van der Waals surface area contributed by atoms with E-state index in [1.165, 1.54) is 6.07 Å². The third-order valence-corrected chi connectivity index (χ3v) is 3.86. The van der Waals surface area contributed by atoms with E-state index in [0.29, 0.717) is 5.69 Å². The second-order valence-corrected chi connectivity index (χ2v) is 5.14. The molecule has 1 unspecified atom stereocenters. The van der Waals surface area contributed by atoms with Gasteiger partial charge in [-0.25, -0.2) is 4.39 Å². The molecule has 5 N–H and O–H groups in total. The van der Waals surface area contributed by atoms with Gasteiger partial charge in [0.1, 0.15) is 5.82 Å². The van der Waals surface area contributed by atoms with Crippen molar-refractivity contribution < 1.29 is 9.18 Å². The first-order valence-corrected chi connectivity index (χ1v) is 6.46. The molecular formula is C11H14FN3OS. The van der Waals surface area contributed by atoms with Crippen LogP contribution in [0.4, 0.5) is 15.8 Å². The lowest BCUT2D eigenvalue weighted by Crippen LogP contribution is -2.20. The molecule has 0 aromatic heterocycles. The Morgan fingerprint density at radius 2 is 2.29 bits per heavy atom. The number of hydrogen-bond donors (Lipinski definition) is 3. The lowest BCUT2D eigenvalue weighted by atomic mass is 10.1. The second kappa shape index (κ2) is 4.83. The van der Waals surface area contributed by atoms with Crippen molar-refractivity contribution in [3.63, 3.8) is 0 Å². The van der Waals surface area contributed by atoms with Crippen LogP contribution >= 0.6 is 11.8 Å². The van der Waals surface area contributed by atoms with Crippen molar-refractivity contribution in [3.05, 3.63) is 23.5 Å². The first kappa shape index (κ1) is 12.0. The topological polar surface area (TPSA) is 81.1 Å². The fraction of sp³-hybridized carbons (Fsp3) is 0.364. The zero-order valence-electron chi connectivity index (χ0n) is 9.20. The van der Waals surface area contributed by atoms with Gasteiger partial charge < -0.3 is 16.8 Å². The largest absolute Gasteiger partial charge is 0.398 e. The Morgan fingerprint density at radius 3 is 2.88 bits per heavy atom. The highest BCUT2D eigenvalue weighted by molar-refractivity contribution is 7.99. The van der Waals surface area contributed by atoms with Gasteiger partial charge in [-0.2, -0.15) is 11.8 Å². The Labute approximate surface area is 103 Å². The summed E-state index contributed by atoms with van der Waals surface area (Å²) < 4.78 is 13.6. The Hall–Kier alpha value is -1.43. The lowest BCUT2D eigenvalue weighted by Gasteiger charge is -2.15. The van der Waals surface area contributed by atoms with Gasteiger partial charge in [-0.05, 0) is 24.3 Å². The van der Waals surface area contributed by atoms with Crippen LogP contribution in [0.5, 0.6) is 0 Å². The number of nitrogen functional groups attached to an aromatic ring is 1. The van der Waals surface area contributed by atoms with Crippen LogP contribution in [0.2, 0.25) is 0 Å². The molecule has 0 bridgehead atoms. The van der Waals surface area contributed by atoms with Crippen molar-refractivity contribution in [1.82, 2.24) is 0 Å². The number of thioether (sulfide) groups is 1. The van der Waals surface area contributed by atoms with Gasteiger partial charge in [0.25, 0.3) is 5.91 Å². The molecule has 1 aromatic rings. The summed E-state index contributed by atoms with van der Waals surface area (Å²) in [7, 11) is 0. The number of primary amides is 1. The van der Waals surface area contributed by atoms with Gasteiger partial charge in [0.15, 0.2) is 0 Å². The molecule has 1 amide bonds. The number of halogens is 1. The van der Waals surface area contributed by atoms with Crippen LogP contribution in [0.25, 0.3) is 0 Å². The van der Waals surface area contributed by atoms with Gasteiger partial charge in [-0.15, -0.1) is 0 Å². The summed E-state index contributed by atoms with van der Waals surface area (Å²) in [5.41, 5.74) is 11.2. The number of benzene rings is 1. The molecule has 1 heterocycles. The van der Waals surface area contributed by atoms with E-state index in [1.807, 2.05) is 11.8 Å². The number of nitrogens with one attached hydrogen (secondary N) is 1. The summed E-state index contributed by atoms with van der Waals surface area (Å²) in [4.78, 5) is 11.1. The average Bonchev–Trinajstić information content (AvgIpc) is 2.74.